The fourth-order valence-corrected chi connectivity index (χ4v) is 7.07. The number of hydrogen-bond acceptors (Lipinski definition) is 10. The summed E-state index contributed by atoms with van der Waals surface area (Å²) in [6.07, 6.45) is 2.48. The Bertz CT molecular complexity index is 1710. The monoisotopic (exact) mass is 626 g/mol. The molecule has 1 aromatic carbocycles. The van der Waals surface area contributed by atoms with Gasteiger partial charge in [0.25, 0.3) is 17.7 Å². The fourth-order valence-electron chi connectivity index (χ4n) is 7.07. The van der Waals surface area contributed by atoms with Gasteiger partial charge in [0.2, 0.25) is 5.88 Å². The predicted octanol–water partition coefficient (Wildman–Crippen LogP) is 2.63. The molecule has 46 heavy (non-hydrogen) atoms. The second-order valence-corrected chi connectivity index (χ2v) is 12.2. The third-order valence-corrected chi connectivity index (χ3v) is 9.54. The number of carbonyl (C=O) groups excluding carboxylic acids is 3. The van der Waals surface area contributed by atoms with E-state index in [1.54, 1.807) is 12.1 Å². The van der Waals surface area contributed by atoms with Crippen molar-refractivity contribution in [3.8, 4) is 18.0 Å². The van der Waals surface area contributed by atoms with Gasteiger partial charge in [0, 0.05) is 44.8 Å². The van der Waals surface area contributed by atoms with Crippen molar-refractivity contribution in [2.45, 2.75) is 44.3 Å². The first kappa shape index (κ1) is 31.0. The van der Waals surface area contributed by atoms with Gasteiger partial charge in [-0.05, 0) is 45.0 Å². The van der Waals surface area contributed by atoms with E-state index in [9.17, 15) is 29.3 Å². The molecule has 6 rings (SSSR count). The van der Waals surface area contributed by atoms with E-state index in [0.29, 0.717) is 60.9 Å². The average Bonchev–Trinajstić information content (AvgIpc) is 3.57. The van der Waals surface area contributed by atoms with Crippen molar-refractivity contribution in [1.29, 1.82) is 10.5 Å². The predicted molar refractivity (Wildman–Crippen MR) is 166 cm³/mol. The Hall–Kier alpha value is -5.01. The third kappa shape index (κ3) is 5.31. The molecule has 238 valence electrons. The van der Waals surface area contributed by atoms with Crippen LogP contribution in [0, 0.1) is 22.7 Å². The highest BCUT2D eigenvalue weighted by molar-refractivity contribution is 6.23. The van der Waals surface area contributed by atoms with Gasteiger partial charge >= 0.3 is 0 Å². The SMILES string of the molecule is C=C(F)C(=O)N1CCN(c2c(C#N)c(OC[C@@H]3CCCN3C)nc3c2CCN(c2cccc4c2C(=O)N(C)C4=O)C3)C[C@@H]1CC#N. The number of rotatable bonds is 7. The van der Waals surface area contributed by atoms with Crippen LogP contribution >= 0.6 is 0 Å². The van der Waals surface area contributed by atoms with Crippen LogP contribution in [0.1, 0.15) is 56.8 Å². The largest absolute Gasteiger partial charge is 0.475 e. The highest BCUT2D eigenvalue weighted by Crippen LogP contribution is 2.40. The zero-order chi connectivity index (χ0) is 32.7. The van der Waals surface area contributed by atoms with Crippen molar-refractivity contribution in [2.75, 3.05) is 63.2 Å². The minimum Gasteiger partial charge on any atom is -0.475 e. The van der Waals surface area contributed by atoms with Gasteiger partial charge in [0.15, 0.2) is 5.83 Å². The van der Waals surface area contributed by atoms with E-state index >= 15 is 0 Å². The summed E-state index contributed by atoms with van der Waals surface area (Å²) in [5.74, 6) is -2.41. The van der Waals surface area contributed by atoms with E-state index in [0.717, 1.165) is 29.8 Å². The maximum absolute atomic E-state index is 13.9. The van der Waals surface area contributed by atoms with Crippen molar-refractivity contribution in [1.82, 2.24) is 19.7 Å². The molecule has 2 saturated heterocycles. The average molecular weight is 627 g/mol. The van der Waals surface area contributed by atoms with Gasteiger partial charge in [-0.2, -0.15) is 10.5 Å². The number of piperazine rings is 1. The molecule has 2 fully saturated rings. The zero-order valence-electron chi connectivity index (χ0n) is 26.0. The van der Waals surface area contributed by atoms with Crippen LogP contribution in [0.25, 0.3) is 0 Å². The van der Waals surface area contributed by atoms with Gasteiger partial charge in [-0.25, -0.2) is 9.37 Å². The minimum atomic E-state index is -1.08. The number of likely N-dealkylation sites (N-methyl/N-ethyl adjacent to an activating group) is 1. The van der Waals surface area contributed by atoms with E-state index in [4.69, 9.17) is 9.72 Å². The number of nitriles is 2. The molecule has 2 aromatic rings. The lowest BCUT2D eigenvalue weighted by Gasteiger charge is -2.43. The Morgan fingerprint density at radius 2 is 1.91 bits per heavy atom. The highest BCUT2D eigenvalue weighted by atomic mass is 19.1. The first-order chi connectivity index (χ1) is 22.1. The number of imide groups is 1. The summed E-state index contributed by atoms with van der Waals surface area (Å²) in [6, 6.07) is 9.24. The topological polar surface area (TPSA) is 137 Å². The van der Waals surface area contributed by atoms with Gasteiger partial charge in [0.05, 0.1) is 53.3 Å². The van der Waals surface area contributed by atoms with E-state index in [2.05, 4.69) is 23.6 Å². The van der Waals surface area contributed by atoms with Crippen molar-refractivity contribution in [2.24, 2.45) is 0 Å². The third-order valence-electron chi connectivity index (χ3n) is 9.54. The molecule has 0 saturated carbocycles. The first-order valence-corrected chi connectivity index (χ1v) is 15.4. The highest BCUT2D eigenvalue weighted by Gasteiger charge is 2.39. The Morgan fingerprint density at radius 1 is 1.11 bits per heavy atom. The maximum atomic E-state index is 13.9. The number of ether oxygens (including phenoxy) is 1. The smallest absolute Gasteiger partial charge is 0.282 e. The Kier molecular flexibility index (Phi) is 8.36. The molecule has 13 heteroatoms. The van der Waals surface area contributed by atoms with Crippen LogP contribution in [0.5, 0.6) is 5.88 Å². The van der Waals surface area contributed by atoms with Crippen LogP contribution in [-0.2, 0) is 17.8 Å². The Balaban J connectivity index is 1.40. The maximum Gasteiger partial charge on any atom is 0.282 e. The summed E-state index contributed by atoms with van der Waals surface area (Å²) < 4.78 is 20.2. The second kappa shape index (κ2) is 12.4. The fraction of sp³-hybridized carbons (Fsp3) is 0.455. The van der Waals surface area contributed by atoms with Crippen LogP contribution in [0.3, 0.4) is 0 Å². The molecule has 0 N–H and O–H groups in total. The standard InChI is InChI=1S/C33H35FN8O4/c1-20(34)31(43)42-15-14-41(17-21(42)9-11-35)29-23-10-13-40(27-8-4-7-24-28(27)33(45)39(3)32(24)44)18-26(23)37-30(25(29)16-36)46-19-22-6-5-12-38(22)2/h4,7-8,21-22H,1,5-6,9-10,12-15,17-19H2,2-3H3/t21-,22-/m0/s1. The van der Waals surface area contributed by atoms with Gasteiger partial charge in [-0.1, -0.05) is 12.6 Å². The molecule has 0 spiro atoms. The first-order valence-electron chi connectivity index (χ1n) is 15.4. The molecule has 4 aliphatic rings. The summed E-state index contributed by atoms with van der Waals surface area (Å²) >= 11 is 0. The Morgan fingerprint density at radius 3 is 2.61 bits per heavy atom. The van der Waals surface area contributed by atoms with Gasteiger partial charge in [-0.15, -0.1) is 0 Å². The van der Waals surface area contributed by atoms with E-state index in [1.165, 1.54) is 11.9 Å². The number of halogens is 1. The van der Waals surface area contributed by atoms with Crippen LogP contribution in [0.2, 0.25) is 0 Å². The van der Waals surface area contributed by atoms with Crippen LogP contribution in [0.4, 0.5) is 15.8 Å². The molecule has 3 amide bonds. The van der Waals surface area contributed by atoms with E-state index < -0.39 is 17.8 Å². The molecule has 12 nitrogen and oxygen atoms in total. The molecular weight excluding hydrogens is 591 g/mol. The normalized spacial score (nSPS) is 21.2. The molecule has 0 aliphatic carbocycles. The van der Waals surface area contributed by atoms with Gasteiger partial charge in [-0.3, -0.25) is 19.3 Å². The quantitative estimate of drug-likeness (QED) is 0.333. The molecule has 0 unspecified atom stereocenters. The van der Waals surface area contributed by atoms with Crippen LogP contribution in [0.15, 0.2) is 30.6 Å². The number of amides is 3. The van der Waals surface area contributed by atoms with Crippen LogP contribution < -0.4 is 14.5 Å². The Labute approximate surface area is 266 Å². The number of hydrogen-bond donors (Lipinski definition) is 0. The number of fused-ring (bicyclic) bond motifs is 2. The number of aromatic nitrogens is 1. The van der Waals surface area contributed by atoms with Crippen LogP contribution in [-0.4, -0.2) is 103 Å². The summed E-state index contributed by atoms with van der Waals surface area (Å²) in [5, 5.41) is 20.0. The molecule has 1 aromatic heterocycles. The lowest BCUT2D eigenvalue weighted by atomic mass is 9.96. The van der Waals surface area contributed by atoms with E-state index in [-0.39, 0.29) is 48.8 Å². The molecule has 2 atom stereocenters. The zero-order valence-corrected chi connectivity index (χ0v) is 26.0. The van der Waals surface area contributed by atoms with Gasteiger partial charge < -0.3 is 24.3 Å². The minimum absolute atomic E-state index is 0.0177. The number of likely N-dealkylation sites (tertiary alicyclic amines) is 1. The number of benzene rings is 1. The van der Waals surface area contributed by atoms with Crippen molar-refractivity contribution < 1.29 is 23.5 Å². The second-order valence-electron chi connectivity index (χ2n) is 12.2. The summed E-state index contributed by atoms with van der Waals surface area (Å²) in [7, 11) is 3.51. The number of anilines is 2. The van der Waals surface area contributed by atoms with E-state index in [1.807, 2.05) is 22.9 Å². The molecule has 0 radical (unpaired) electrons. The van der Waals surface area contributed by atoms with Crippen molar-refractivity contribution >= 4 is 29.1 Å². The lowest BCUT2D eigenvalue weighted by Crippen LogP contribution is -2.55. The summed E-state index contributed by atoms with van der Waals surface area (Å²) in [4.78, 5) is 51.9. The number of nitrogens with zero attached hydrogens (tertiary/aromatic N) is 8. The lowest BCUT2D eigenvalue weighted by molar-refractivity contribution is -0.131. The number of pyridine rings is 1. The van der Waals surface area contributed by atoms with Gasteiger partial charge in [0.1, 0.15) is 18.2 Å². The van der Waals surface area contributed by atoms with Crippen molar-refractivity contribution in [3.63, 3.8) is 0 Å². The molecular formula is C33H35FN8O4. The molecule has 5 heterocycles. The summed E-state index contributed by atoms with van der Waals surface area (Å²) in [6.45, 7) is 5.91. The summed E-state index contributed by atoms with van der Waals surface area (Å²) in [5.41, 5.74) is 3.80. The molecule has 4 aliphatic heterocycles. The van der Waals surface area contributed by atoms with Crippen molar-refractivity contribution in [3.05, 3.63) is 58.6 Å². The molecule has 0 bridgehead atoms. The number of carbonyl (C=O) groups is 3.